The first-order valence-electron chi connectivity index (χ1n) is 6.66. The van der Waals surface area contributed by atoms with Crippen LogP contribution in [0.4, 0.5) is 0 Å². The number of hydrogen-bond donors (Lipinski definition) is 0. The highest BCUT2D eigenvalue weighted by atomic mass is 32.1. The summed E-state index contributed by atoms with van der Waals surface area (Å²) in [4.78, 5) is 16.6. The molecular weight excluding hydrogens is 262 g/mol. The van der Waals surface area contributed by atoms with Crippen LogP contribution in [0.3, 0.4) is 0 Å². The lowest BCUT2D eigenvalue weighted by molar-refractivity contribution is -0.148. The van der Waals surface area contributed by atoms with Crippen LogP contribution < -0.4 is 0 Å². The average Bonchev–Trinajstić information content (AvgIpc) is 3.07. The van der Waals surface area contributed by atoms with E-state index in [1.54, 1.807) is 18.4 Å². The van der Waals surface area contributed by atoms with E-state index in [2.05, 4.69) is 4.98 Å². The van der Waals surface area contributed by atoms with Crippen molar-refractivity contribution in [1.29, 1.82) is 0 Å². The third kappa shape index (κ3) is 2.98. The largest absolute Gasteiger partial charge is 0.465 e. The summed E-state index contributed by atoms with van der Waals surface area (Å²) in [5, 5.41) is 2.91. The summed E-state index contributed by atoms with van der Waals surface area (Å²) in [5.74, 6) is 0.363. The molecule has 0 aliphatic heterocycles. The molecule has 1 heterocycles. The second-order valence-electron chi connectivity index (χ2n) is 5.41. The first-order valence-corrected chi connectivity index (χ1v) is 7.54. The highest BCUT2D eigenvalue weighted by Crippen LogP contribution is 2.44. The van der Waals surface area contributed by atoms with Crippen LogP contribution in [0.2, 0.25) is 0 Å². The molecule has 0 radical (unpaired) electrons. The van der Waals surface area contributed by atoms with Gasteiger partial charge in [0.05, 0.1) is 12.3 Å². The van der Waals surface area contributed by atoms with Crippen molar-refractivity contribution in [3.63, 3.8) is 0 Å². The Labute approximate surface area is 118 Å². The van der Waals surface area contributed by atoms with E-state index in [1.165, 1.54) is 12.8 Å². The molecule has 0 bridgehead atoms. The third-order valence-electron chi connectivity index (χ3n) is 3.50. The van der Waals surface area contributed by atoms with Gasteiger partial charge < -0.3 is 9.47 Å². The van der Waals surface area contributed by atoms with Crippen LogP contribution in [-0.2, 0) is 19.7 Å². The van der Waals surface area contributed by atoms with Gasteiger partial charge in [0.15, 0.2) is 0 Å². The van der Waals surface area contributed by atoms with Gasteiger partial charge >= 0.3 is 5.97 Å². The molecule has 1 unspecified atom stereocenters. The number of rotatable bonds is 6. The number of hydrogen-bond acceptors (Lipinski definition) is 5. The predicted octanol–water partition coefficient (Wildman–Crippen LogP) is 3.08. The molecular formula is C14H21NO3S. The molecule has 1 atom stereocenters. The Morgan fingerprint density at radius 2 is 2.26 bits per heavy atom. The average molecular weight is 283 g/mol. The number of esters is 1. The topological polar surface area (TPSA) is 48.4 Å². The van der Waals surface area contributed by atoms with Crippen molar-refractivity contribution in [3.8, 4) is 0 Å². The molecule has 0 aromatic carbocycles. The maximum atomic E-state index is 12.0. The number of carbonyl (C=O) groups excluding carboxylic acids is 1. The number of carbonyl (C=O) groups is 1. The van der Waals surface area contributed by atoms with Crippen LogP contribution in [0.15, 0.2) is 5.38 Å². The van der Waals surface area contributed by atoms with Crippen LogP contribution in [0, 0.1) is 5.92 Å². The lowest BCUT2D eigenvalue weighted by atomic mass is 9.90. The molecule has 0 amide bonds. The van der Waals surface area contributed by atoms with E-state index in [-0.39, 0.29) is 12.1 Å². The summed E-state index contributed by atoms with van der Waals surface area (Å²) in [6, 6.07) is 0. The van der Waals surface area contributed by atoms with Crippen LogP contribution in [0.1, 0.15) is 50.4 Å². The smallest absolute Gasteiger partial charge is 0.317 e. The van der Waals surface area contributed by atoms with Gasteiger partial charge in [-0.2, -0.15) is 0 Å². The Morgan fingerprint density at radius 3 is 2.79 bits per heavy atom. The Morgan fingerprint density at radius 1 is 1.58 bits per heavy atom. The van der Waals surface area contributed by atoms with Crippen molar-refractivity contribution in [1.82, 2.24) is 4.98 Å². The van der Waals surface area contributed by atoms with Crippen molar-refractivity contribution in [3.05, 3.63) is 16.1 Å². The molecule has 0 spiro atoms. The third-order valence-corrected chi connectivity index (χ3v) is 4.40. The van der Waals surface area contributed by atoms with E-state index in [0.717, 1.165) is 10.7 Å². The van der Waals surface area contributed by atoms with Gasteiger partial charge in [0, 0.05) is 12.5 Å². The molecule has 19 heavy (non-hydrogen) atoms. The van der Waals surface area contributed by atoms with E-state index >= 15 is 0 Å². The van der Waals surface area contributed by atoms with E-state index in [9.17, 15) is 4.79 Å². The van der Waals surface area contributed by atoms with Crippen molar-refractivity contribution in [2.24, 2.45) is 5.92 Å². The molecule has 0 saturated heterocycles. The van der Waals surface area contributed by atoms with Gasteiger partial charge in [0.2, 0.25) is 0 Å². The zero-order valence-corrected chi connectivity index (χ0v) is 12.8. The van der Waals surface area contributed by atoms with Crippen molar-refractivity contribution < 1.29 is 14.3 Å². The Bertz CT molecular complexity index is 451. The fraction of sp³-hybridized carbons (Fsp3) is 0.714. The number of thiazole rings is 1. The van der Waals surface area contributed by atoms with Gasteiger partial charge in [-0.15, -0.1) is 11.3 Å². The van der Waals surface area contributed by atoms with Gasteiger partial charge in [-0.3, -0.25) is 4.79 Å². The SMILES string of the molecule is CCOC(=O)C(C)(C)c1csc(C(OC)C2CC2)n1. The Hall–Kier alpha value is -0.940. The molecule has 1 aliphatic rings. The maximum Gasteiger partial charge on any atom is 0.317 e. The number of ether oxygens (including phenoxy) is 2. The Balaban J connectivity index is 2.17. The molecule has 1 saturated carbocycles. The highest BCUT2D eigenvalue weighted by molar-refractivity contribution is 7.09. The van der Waals surface area contributed by atoms with Crippen molar-refractivity contribution >= 4 is 17.3 Å². The summed E-state index contributed by atoms with van der Waals surface area (Å²) < 4.78 is 10.6. The fourth-order valence-corrected chi connectivity index (χ4v) is 3.17. The van der Waals surface area contributed by atoms with Gasteiger partial charge in [-0.05, 0) is 39.5 Å². The van der Waals surface area contributed by atoms with Crippen LogP contribution in [0.25, 0.3) is 0 Å². The lowest BCUT2D eigenvalue weighted by Crippen LogP contribution is -2.31. The highest BCUT2D eigenvalue weighted by Gasteiger charge is 2.38. The summed E-state index contributed by atoms with van der Waals surface area (Å²) in [6.45, 7) is 5.90. The van der Waals surface area contributed by atoms with Gasteiger partial charge in [-0.1, -0.05) is 0 Å². The number of methoxy groups -OCH3 is 1. The van der Waals surface area contributed by atoms with E-state index in [4.69, 9.17) is 9.47 Å². The lowest BCUT2D eigenvalue weighted by Gasteiger charge is -2.20. The van der Waals surface area contributed by atoms with Crippen LogP contribution in [0.5, 0.6) is 0 Å². The Kier molecular flexibility index (Phi) is 4.26. The van der Waals surface area contributed by atoms with Gasteiger partial charge in [0.1, 0.15) is 16.5 Å². The number of aromatic nitrogens is 1. The zero-order chi connectivity index (χ0) is 14.0. The van der Waals surface area contributed by atoms with E-state index < -0.39 is 5.41 Å². The minimum Gasteiger partial charge on any atom is -0.465 e. The predicted molar refractivity (Wildman–Crippen MR) is 74.2 cm³/mol. The summed E-state index contributed by atoms with van der Waals surface area (Å²) in [6.07, 6.45) is 2.49. The molecule has 1 aliphatic carbocycles. The first kappa shape index (κ1) is 14.5. The molecule has 5 heteroatoms. The normalized spacial score (nSPS) is 17.3. The van der Waals surface area contributed by atoms with Crippen molar-refractivity contribution in [2.75, 3.05) is 13.7 Å². The summed E-state index contributed by atoms with van der Waals surface area (Å²) >= 11 is 1.57. The quantitative estimate of drug-likeness (QED) is 0.753. The molecule has 1 aromatic heterocycles. The standard InChI is InChI=1S/C14H21NO3S/c1-5-18-13(16)14(2,3)10-8-19-12(15-10)11(17-4)9-6-7-9/h8-9,11H,5-7H2,1-4H3. The molecule has 1 aromatic rings. The summed E-state index contributed by atoms with van der Waals surface area (Å²) in [7, 11) is 1.72. The summed E-state index contributed by atoms with van der Waals surface area (Å²) in [5.41, 5.74) is 0.0701. The molecule has 106 valence electrons. The minimum absolute atomic E-state index is 0.0803. The molecule has 1 fully saturated rings. The fourth-order valence-electron chi connectivity index (χ4n) is 2.02. The molecule has 4 nitrogen and oxygen atoms in total. The maximum absolute atomic E-state index is 12.0. The monoisotopic (exact) mass is 283 g/mol. The molecule has 2 rings (SSSR count). The first-order chi connectivity index (χ1) is 9.00. The van der Waals surface area contributed by atoms with Gasteiger partial charge in [-0.25, -0.2) is 4.98 Å². The van der Waals surface area contributed by atoms with Crippen LogP contribution >= 0.6 is 11.3 Å². The van der Waals surface area contributed by atoms with E-state index in [1.807, 2.05) is 26.2 Å². The van der Waals surface area contributed by atoms with Crippen LogP contribution in [-0.4, -0.2) is 24.7 Å². The molecule has 0 N–H and O–H groups in total. The second kappa shape index (κ2) is 5.59. The zero-order valence-electron chi connectivity index (χ0n) is 11.9. The number of nitrogens with zero attached hydrogens (tertiary/aromatic N) is 1. The second-order valence-corrected chi connectivity index (χ2v) is 6.30. The van der Waals surface area contributed by atoms with Crippen molar-refractivity contribution in [2.45, 2.75) is 45.1 Å². The van der Waals surface area contributed by atoms with Gasteiger partial charge in [0.25, 0.3) is 0 Å². The minimum atomic E-state index is -0.702. The van der Waals surface area contributed by atoms with E-state index in [0.29, 0.717) is 12.5 Å².